The van der Waals surface area contributed by atoms with Gasteiger partial charge in [-0.05, 0) is 33.4 Å². The van der Waals surface area contributed by atoms with E-state index in [-0.39, 0.29) is 5.92 Å². The highest BCUT2D eigenvalue weighted by molar-refractivity contribution is 5.79. The number of alkyl carbamates (subject to hydrolysis) is 1. The molecule has 4 nitrogen and oxygen atoms in total. The Hall–Kier alpha value is -3.11. The predicted octanol–water partition coefficient (Wildman–Crippen LogP) is 4.18. The van der Waals surface area contributed by atoms with Gasteiger partial charge in [0.1, 0.15) is 6.61 Å². The molecular formula is C23H22N2O2. The Balaban J connectivity index is 1.39. The molecule has 3 N–H and O–H groups in total. The van der Waals surface area contributed by atoms with Crippen LogP contribution in [0.15, 0.2) is 72.8 Å². The summed E-state index contributed by atoms with van der Waals surface area (Å²) >= 11 is 0. The SMILES string of the molecule is NCc1ccc(CNC(=O)OCC2c3ccccc3-c3ccccc32)cc1. The van der Waals surface area contributed by atoms with Gasteiger partial charge in [0.05, 0.1) is 0 Å². The van der Waals surface area contributed by atoms with Crippen molar-refractivity contribution in [1.29, 1.82) is 0 Å². The first kappa shape index (κ1) is 17.3. The molecule has 4 rings (SSSR count). The molecule has 1 aliphatic carbocycles. The van der Waals surface area contributed by atoms with Crippen LogP contribution in [-0.4, -0.2) is 12.7 Å². The molecule has 0 spiro atoms. The van der Waals surface area contributed by atoms with Crippen LogP contribution in [0.2, 0.25) is 0 Å². The number of nitrogens with two attached hydrogens (primary N) is 1. The van der Waals surface area contributed by atoms with Crippen molar-refractivity contribution in [2.24, 2.45) is 5.73 Å². The Morgan fingerprint density at radius 3 is 2.00 bits per heavy atom. The third kappa shape index (κ3) is 3.57. The molecular weight excluding hydrogens is 336 g/mol. The maximum absolute atomic E-state index is 12.2. The monoisotopic (exact) mass is 358 g/mol. The molecule has 136 valence electrons. The van der Waals surface area contributed by atoms with Gasteiger partial charge < -0.3 is 15.8 Å². The summed E-state index contributed by atoms with van der Waals surface area (Å²) in [6, 6.07) is 24.5. The second kappa shape index (κ2) is 7.64. The number of fused-ring (bicyclic) bond motifs is 3. The van der Waals surface area contributed by atoms with Gasteiger partial charge in [-0.25, -0.2) is 4.79 Å². The van der Waals surface area contributed by atoms with Crippen molar-refractivity contribution in [3.63, 3.8) is 0 Å². The minimum absolute atomic E-state index is 0.0759. The van der Waals surface area contributed by atoms with Gasteiger partial charge in [-0.3, -0.25) is 0 Å². The molecule has 0 saturated carbocycles. The lowest BCUT2D eigenvalue weighted by atomic mass is 9.98. The smallest absolute Gasteiger partial charge is 0.407 e. The van der Waals surface area contributed by atoms with Crippen molar-refractivity contribution >= 4 is 6.09 Å². The van der Waals surface area contributed by atoms with E-state index >= 15 is 0 Å². The van der Waals surface area contributed by atoms with Crippen molar-refractivity contribution in [2.75, 3.05) is 6.61 Å². The van der Waals surface area contributed by atoms with Crippen LogP contribution in [0.25, 0.3) is 11.1 Å². The van der Waals surface area contributed by atoms with E-state index in [0.29, 0.717) is 19.7 Å². The highest BCUT2D eigenvalue weighted by Crippen LogP contribution is 2.44. The normalized spacial score (nSPS) is 12.3. The molecule has 1 aliphatic rings. The summed E-state index contributed by atoms with van der Waals surface area (Å²) in [7, 11) is 0. The lowest BCUT2D eigenvalue weighted by Crippen LogP contribution is -2.25. The van der Waals surface area contributed by atoms with Crippen LogP contribution in [0.3, 0.4) is 0 Å². The third-order valence-electron chi connectivity index (χ3n) is 5.04. The Labute approximate surface area is 159 Å². The van der Waals surface area contributed by atoms with E-state index in [4.69, 9.17) is 10.5 Å². The first-order valence-corrected chi connectivity index (χ1v) is 9.13. The highest BCUT2D eigenvalue weighted by Gasteiger charge is 2.28. The number of benzene rings is 3. The summed E-state index contributed by atoms with van der Waals surface area (Å²) in [4.78, 5) is 12.2. The van der Waals surface area contributed by atoms with Gasteiger partial charge in [0.15, 0.2) is 0 Å². The van der Waals surface area contributed by atoms with Crippen molar-refractivity contribution in [1.82, 2.24) is 5.32 Å². The van der Waals surface area contributed by atoms with Crippen LogP contribution >= 0.6 is 0 Å². The lowest BCUT2D eigenvalue weighted by Gasteiger charge is -2.14. The Morgan fingerprint density at radius 1 is 0.852 bits per heavy atom. The highest BCUT2D eigenvalue weighted by atomic mass is 16.5. The van der Waals surface area contributed by atoms with Gasteiger partial charge >= 0.3 is 6.09 Å². The number of ether oxygens (including phenoxy) is 1. The maximum atomic E-state index is 12.2. The minimum Gasteiger partial charge on any atom is -0.449 e. The molecule has 0 atom stereocenters. The van der Waals surface area contributed by atoms with Gasteiger partial charge in [-0.1, -0.05) is 72.8 Å². The Kier molecular flexibility index (Phi) is 4.90. The summed E-state index contributed by atoms with van der Waals surface area (Å²) < 4.78 is 5.54. The zero-order chi connectivity index (χ0) is 18.6. The van der Waals surface area contributed by atoms with Gasteiger partial charge in [0, 0.05) is 19.0 Å². The zero-order valence-corrected chi connectivity index (χ0v) is 15.0. The molecule has 1 amide bonds. The quantitative estimate of drug-likeness (QED) is 0.719. The van der Waals surface area contributed by atoms with Gasteiger partial charge in [0.25, 0.3) is 0 Å². The Bertz CT molecular complexity index is 905. The van der Waals surface area contributed by atoms with E-state index in [1.165, 1.54) is 22.3 Å². The molecule has 3 aromatic rings. The zero-order valence-electron chi connectivity index (χ0n) is 15.0. The molecule has 0 aromatic heterocycles. The molecule has 4 heteroatoms. The largest absolute Gasteiger partial charge is 0.449 e. The third-order valence-corrected chi connectivity index (χ3v) is 5.04. The number of amides is 1. The summed E-state index contributed by atoms with van der Waals surface area (Å²) in [6.07, 6.45) is -0.403. The van der Waals surface area contributed by atoms with Crippen LogP contribution in [0.1, 0.15) is 28.2 Å². The van der Waals surface area contributed by atoms with E-state index in [2.05, 4.69) is 29.6 Å². The van der Waals surface area contributed by atoms with Gasteiger partial charge in [-0.15, -0.1) is 0 Å². The fourth-order valence-electron chi connectivity index (χ4n) is 3.62. The van der Waals surface area contributed by atoms with Crippen molar-refractivity contribution in [2.45, 2.75) is 19.0 Å². The first-order chi connectivity index (χ1) is 13.3. The van der Waals surface area contributed by atoms with E-state index in [0.717, 1.165) is 11.1 Å². The molecule has 0 heterocycles. The van der Waals surface area contributed by atoms with Crippen molar-refractivity contribution in [3.05, 3.63) is 95.1 Å². The van der Waals surface area contributed by atoms with Crippen LogP contribution in [-0.2, 0) is 17.8 Å². The van der Waals surface area contributed by atoms with Crippen LogP contribution in [0, 0.1) is 0 Å². The minimum atomic E-state index is -0.403. The number of hydrogen-bond acceptors (Lipinski definition) is 3. The van der Waals surface area contributed by atoms with E-state index in [1.54, 1.807) is 0 Å². The molecule has 27 heavy (non-hydrogen) atoms. The van der Waals surface area contributed by atoms with Crippen molar-refractivity contribution in [3.8, 4) is 11.1 Å². The second-order valence-electron chi connectivity index (χ2n) is 6.70. The summed E-state index contributed by atoms with van der Waals surface area (Å²) in [6.45, 7) is 1.27. The molecule has 0 radical (unpaired) electrons. The molecule has 0 aliphatic heterocycles. The number of carbonyl (C=O) groups is 1. The predicted molar refractivity (Wildman–Crippen MR) is 106 cm³/mol. The van der Waals surface area contributed by atoms with Crippen LogP contribution < -0.4 is 11.1 Å². The molecule has 0 bridgehead atoms. The standard InChI is InChI=1S/C23H22N2O2/c24-13-16-9-11-17(12-10-16)14-25-23(26)27-15-22-20-7-3-1-5-18(20)19-6-2-4-8-21(19)22/h1-12,22H,13-15,24H2,(H,25,26). The molecule has 0 unspecified atom stereocenters. The maximum Gasteiger partial charge on any atom is 0.407 e. The second-order valence-corrected chi connectivity index (χ2v) is 6.70. The molecule has 0 saturated heterocycles. The summed E-state index contributed by atoms with van der Waals surface area (Å²) in [5.41, 5.74) is 12.6. The fraction of sp³-hybridized carbons (Fsp3) is 0.174. The van der Waals surface area contributed by atoms with E-state index in [9.17, 15) is 4.79 Å². The summed E-state index contributed by atoms with van der Waals surface area (Å²) in [5.74, 6) is 0.0759. The van der Waals surface area contributed by atoms with Crippen molar-refractivity contribution < 1.29 is 9.53 Å². The topological polar surface area (TPSA) is 64.3 Å². The number of nitrogens with one attached hydrogen (secondary N) is 1. The van der Waals surface area contributed by atoms with Crippen LogP contribution in [0.5, 0.6) is 0 Å². The van der Waals surface area contributed by atoms with E-state index in [1.807, 2.05) is 48.5 Å². The van der Waals surface area contributed by atoms with Gasteiger partial charge in [0.2, 0.25) is 0 Å². The lowest BCUT2D eigenvalue weighted by molar-refractivity contribution is 0.142. The fourth-order valence-corrected chi connectivity index (χ4v) is 3.62. The van der Waals surface area contributed by atoms with E-state index < -0.39 is 6.09 Å². The van der Waals surface area contributed by atoms with Gasteiger partial charge in [-0.2, -0.15) is 0 Å². The Morgan fingerprint density at radius 2 is 1.41 bits per heavy atom. The number of rotatable bonds is 5. The average Bonchev–Trinajstić information content (AvgIpc) is 3.05. The number of carbonyl (C=O) groups excluding carboxylic acids is 1. The summed E-state index contributed by atoms with van der Waals surface area (Å²) in [5, 5.41) is 2.82. The van der Waals surface area contributed by atoms with Crippen LogP contribution in [0.4, 0.5) is 4.79 Å². The number of hydrogen-bond donors (Lipinski definition) is 2. The molecule has 3 aromatic carbocycles. The molecule has 0 fully saturated rings. The first-order valence-electron chi connectivity index (χ1n) is 9.13. The average molecular weight is 358 g/mol.